The summed E-state index contributed by atoms with van der Waals surface area (Å²) in [5.74, 6) is 2.07. The second kappa shape index (κ2) is 6.81. The molecule has 0 aliphatic rings. The van der Waals surface area contributed by atoms with Crippen LogP contribution in [0.5, 0.6) is 5.75 Å². The lowest BCUT2D eigenvalue weighted by molar-refractivity contribution is 0.408. The number of thioether (sulfide) groups is 1. The fraction of sp³-hybridized carbons (Fsp3) is 0.538. The van der Waals surface area contributed by atoms with Crippen molar-refractivity contribution < 1.29 is 4.74 Å². The van der Waals surface area contributed by atoms with Crippen LogP contribution in [-0.2, 0) is 0 Å². The van der Waals surface area contributed by atoms with Gasteiger partial charge in [-0.15, -0.1) is 0 Å². The molecule has 0 saturated carbocycles. The number of benzene rings is 1. The van der Waals surface area contributed by atoms with E-state index >= 15 is 0 Å². The quantitative estimate of drug-likeness (QED) is 0.828. The molecule has 0 aliphatic heterocycles. The standard InChI is InChI=1S/C13H21NOS/c1-4-9-16-13(10(2)14)11-7-5-6-8-12(11)15-3/h5-8,10,13H,4,9,14H2,1-3H3. The van der Waals surface area contributed by atoms with Crippen LogP contribution < -0.4 is 10.5 Å². The Bertz CT molecular complexity index is 315. The summed E-state index contributed by atoms with van der Waals surface area (Å²) in [6, 6.07) is 8.27. The monoisotopic (exact) mass is 239 g/mol. The molecular weight excluding hydrogens is 218 g/mol. The second-order valence-corrected chi connectivity index (χ2v) is 5.14. The molecule has 2 N–H and O–H groups in total. The predicted molar refractivity (Wildman–Crippen MR) is 72.1 cm³/mol. The van der Waals surface area contributed by atoms with E-state index in [-0.39, 0.29) is 6.04 Å². The number of rotatable bonds is 6. The number of para-hydroxylation sites is 1. The fourth-order valence-electron chi connectivity index (χ4n) is 1.67. The number of nitrogens with two attached hydrogens (primary N) is 1. The molecule has 0 spiro atoms. The van der Waals surface area contributed by atoms with E-state index in [0.29, 0.717) is 5.25 Å². The molecule has 0 radical (unpaired) electrons. The van der Waals surface area contributed by atoms with E-state index in [4.69, 9.17) is 10.5 Å². The van der Waals surface area contributed by atoms with Gasteiger partial charge >= 0.3 is 0 Å². The lowest BCUT2D eigenvalue weighted by atomic mass is 10.1. The van der Waals surface area contributed by atoms with Crippen LogP contribution in [0, 0.1) is 0 Å². The van der Waals surface area contributed by atoms with Gasteiger partial charge < -0.3 is 10.5 Å². The summed E-state index contributed by atoms with van der Waals surface area (Å²) in [7, 11) is 1.71. The van der Waals surface area contributed by atoms with Crippen LogP contribution in [0.1, 0.15) is 31.1 Å². The molecule has 0 heterocycles. The van der Waals surface area contributed by atoms with Gasteiger partial charge in [0.15, 0.2) is 0 Å². The summed E-state index contributed by atoms with van der Waals surface area (Å²) in [5.41, 5.74) is 7.26. The number of hydrogen-bond acceptors (Lipinski definition) is 3. The third-order valence-electron chi connectivity index (χ3n) is 2.42. The summed E-state index contributed by atoms with van der Waals surface area (Å²) in [4.78, 5) is 0. The lowest BCUT2D eigenvalue weighted by Crippen LogP contribution is -2.23. The summed E-state index contributed by atoms with van der Waals surface area (Å²) < 4.78 is 5.39. The molecule has 0 fully saturated rings. The van der Waals surface area contributed by atoms with Crippen molar-refractivity contribution in [1.82, 2.24) is 0 Å². The fourth-order valence-corrected chi connectivity index (χ4v) is 2.84. The van der Waals surface area contributed by atoms with Crippen LogP contribution in [0.4, 0.5) is 0 Å². The Balaban J connectivity index is 2.91. The summed E-state index contributed by atoms with van der Waals surface area (Å²) in [5, 5.41) is 0.316. The molecule has 2 unspecified atom stereocenters. The van der Waals surface area contributed by atoms with E-state index in [9.17, 15) is 0 Å². The molecule has 2 nitrogen and oxygen atoms in total. The molecule has 0 saturated heterocycles. The molecule has 0 aliphatic carbocycles. The minimum Gasteiger partial charge on any atom is -0.496 e. The van der Waals surface area contributed by atoms with Crippen molar-refractivity contribution >= 4 is 11.8 Å². The van der Waals surface area contributed by atoms with Crippen LogP contribution in [-0.4, -0.2) is 18.9 Å². The molecular formula is C13H21NOS. The highest BCUT2D eigenvalue weighted by molar-refractivity contribution is 7.99. The van der Waals surface area contributed by atoms with Gasteiger partial charge in [0.1, 0.15) is 5.75 Å². The van der Waals surface area contributed by atoms with Gasteiger partial charge in [0, 0.05) is 16.9 Å². The van der Waals surface area contributed by atoms with Crippen molar-refractivity contribution in [2.24, 2.45) is 5.73 Å². The van der Waals surface area contributed by atoms with E-state index in [1.54, 1.807) is 7.11 Å². The van der Waals surface area contributed by atoms with E-state index in [1.165, 1.54) is 12.0 Å². The van der Waals surface area contributed by atoms with Crippen molar-refractivity contribution in [3.63, 3.8) is 0 Å². The van der Waals surface area contributed by atoms with Crippen molar-refractivity contribution in [1.29, 1.82) is 0 Å². The normalized spacial score (nSPS) is 14.5. The molecule has 0 amide bonds. The predicted octanol–water partition coefficient (Wildman–Crippen LogP) is 3.23. The second-order valence-electron chi connectivity index (χ2n) is 3.89. The first-order valence-corrected chi connectivity index (χ1v) is 6.75. The molecule has 0 aromatic heterocycles. The Morgan fingerprint density at radius 1 is 1.38 bits per heavy atom. The van der Waals surface area contributed by atoms with Gasteiger partial charge in [-0.25, -0.2) is 0 Å². The van der Waals surface area contributed by atoms with Crippen LogP contribution in [0.3, 0.4) is 0 Å². The highest BCUT2D eigenvalue weighted by Crippen LogP contribution is 2.36. The topological polar surface area (TPSA) is 35.2 Å². The summed E-state index contributed by atoms with van der Waals surface area (Å²) in [6.45, 7) is 4.24. The maximum atomic E-state index is 6.06. The first kappa shape index (κ1) is 13.4. The minimum absolute atomic E-state index is 0.132. The molecule has 90 valence electrons. The van der Waals surface area contributed by atoms with Gasteiger partial charge in [-0.1, -0.05) is 25.1 Å². The summed E-state index contributed by atoms with van der Waals surface area (Å²) >= 11 is 1.91. The molecule has 1 aromatic rings. The highest BCUT2D eigenvalue weighted by Gasteiger charge is 2.19. The maximum absolute atomic E-state index is 6.06. The third kappa shape index (κ3) is 3.42. The van der Waals surface area contributed by atoms with Crippen molar-refractivity contribution in [3.05, 3.63) is 29.8 Å². The molecule has 16 heavy (non-hydrogen) atoms. The van der Waals surface area contributed by atoms with E-state index in [1.807, 2.05) is 30.0 Å². The van der Waals surface area contributed by atoms with Crippen LogP contribution in [0.25, 0.3) is 0 Å². The smallest absolute Gasteiger partial charge is 0.123 e. The van der Waals surface area contributed by atoms with Gasteiger partial charge in [0.05, 0.1) is 7.11 Å². The molecule has 3 heteroatoms. The van der Waals surface area contributed by atoms with Crippen LogP contribution in [0.2, 0.25) is 0 Å². The SMILES string of the molecule is CCCSC(c1ccccc1OC)C(C)N. The van der Waals surface area contributed by atoms with Crippen molar-refractivity contribution in [3.8, 4) is 5.75 Å². The zero-order valence-corrected chi connectivity index (χ0v) is 11.1. The summed E-state index contributed by atoms with van der Waals surface area (Å²) in [6.07, 6.45) is 1.17. The Labute approximate surface area is 103 Å². The van der Waals surface area contributed by atoms with E-state index in [2.05, 4.69) is 19.9 Å². The average molecular weight is 239 g/mol. The van der Waals surface area contributed by atoms with E-state index in [0.717, 1.165) is 11.5 Å². The molecule has 1 aromatic carbocycles. The van der Waals surface area contributed by atoms with Crippen LogP contribution in [0.15, 0.2) is 24.3 Å². The molecule has 0 bridgehead atoms. The number of hydrogen-bond donors (Lipinski definition) is 1. The minimum atomic E-state index is 0.132. The number of ether oxygens (including phenoxy) is 1. The Kier molecular flexibility index (Phi) is 5.71. The van der Waals surface area contributed by atoms with Gasteiger partial charge in [-0.3, -0.25) is 0 Å². The molecule has 1 rings (SSSR count). The van der Waals surface area contributed by atoms with Gasteiger partial charge in [0.25, 0.3) is 0 Å². The molecule has 2 atom stereocenters. The van der Waals surface area contributed by atoms with E-state index < -0.39 is 0 Å². The maximum Gasteiger partial charge on any atom is 0.123 e. The largest absolute Gasteiger partial charge is 0.496 e. The van der Waals surface area contributed by atoms with Crippen molar-refractivity contribution in [2.75, 3.05) is 12.9 Å². The average Bonchev–Trinajstić information content (AvgIpc) is 2.29. The Morgan fingerprint density at radius 2 is 2.06 bits per heavy atom. The highest BCUT2D eigenvalue weighted by atomic mass is 32.2. The van der Waals surface area contributed by atoms with Gasteiger partial charge in [-0.2, -0.15) is 11.8 Å². The first-order chi connectivity index (χ1) is 7.70. The third-order valence-corrected chi connectivity index (χ3v) is 4.11. The lowest BCUT2D eigenvalue weighted by Gasteiger charge is -2.22. The van der Waals surface area contributed by atoms with Gasteiger partial charge in [0.2, 0.25) is 0 Å². The Hall–Kier alpha value is -0.670. The van der Waals surface area contributed by atoms with Crippen LogP contribution >= 0.6 is 11.8 Å². The Morgan fingerprint density at radius 3 is 2.62 bits per heavy atom. The zero-order chi connectivity index (χ0) is 12.0. The number of methoxy groups -OCH3 is 1. The first-order valence-electron chi connectivity index (χ1n) is 5.70. The van der Waals surface area contributed by atoms with Crippen molar-refractivity contribution in [2.45, 2.75) is 31.6 Å². The van der Waals surface area contributed by atoms with Gasteiger partial charge in [-0.05, 0) is 25.2 Å². The zero-order valence-electron chi connectivity index (χ0n) is 10.3.